The molecule has 0 unspecified atom stereocenters. The van der Waals surface area contributed by atoms with Crippen molar-refractivity contribution in [3.05, 3.63) is 64.2 Å². The number of halogens is 1. The third-order valence-corrected chi connectivity index (χ3v) is 6.18. The molecule has 1 amide bonds. The van der Waals surface area contributed by atoms with E-state index in [1.54, 1.807) is 18.3 Å². The number of aromatic nitrogens is 1. The first kappa shape index (κ1) is 24.1. The van der Waals surface area contributed by atoms with Gasteiger partial charge in [0.25, 0.3) is 0 Å². The number of hydrogen-bond donors (Lipinski definition) is 0. The predicted octanol–water partition coefficient (Wildman–Crippen LogP) is 4.34. The van der Waals surface area contributed by atoms with Crippen molar-refractivity contribution in [1.82, 2.24) is 14.8 Å². The van der Waals surface area contributed by atoms with Crippen LogP contribution >= 0.6 is 0 Å². The highest BCUT2D eigenvalue weighted by Gasteiger charge is 2.33. The normalized spacial score (nSPS) is 17.5. The first-order valence-corrected chi connectivity index (χ1v) is 11.2. The molecule has 1 fully saturated rings. The Morgan fingerprint density at radius 2 is 1.81 bits per heavy atom. The molecule has 6 heteroatoms. The molecule has 1 aliphatic rings. The molecule has 3 rings (SSSR count). The van der Waals surface area contributed by atoms with E-state index in [2.05, 4.69) is 16.8 Å². The maximum atomic E-state index is 14.4. The lowest BCUT2D eigenvalue weighted by Crippen LogP contribution is -2.56. The minimum Gasteiger partial charge on any atom is -0.337 e. The average Bonchev–Trinajstić information content (AvgIpc) is 2.71. The molecule has 1 aliphatic heterocycles. The van der Waals surface area contributed by atoms with Crippen molar-refractivity contribution in [3.8, 4) is 0 Å². The van der Waals surface area contributed by atoms with Gasteiger partial charge in [-0.1, -0.05) is 20.8 Å². The lowest BCUT2D eigenvalue weighted by Gasteiger charge is -2.42. The highest BCUT2D eigenvalue weighted by molar-refractivity contribution is 5.97. The molecule has 1 aromatic carbocycles. The molecule has 5 nitrogen and oxygen atoms in total. The lowest BCUT2D eigenvalue weighted by atomic mass is 9.93. The number of carbonyl (C=O) groups excluding carboxylic acids is 2. The number of Topliss-reactive ketones (excluding diaryl/α,β-unsaturated/α-hetero) is 1. The minimum atomic E-state index is -0.399. The van der Waals surface area contributed by atoms with E-state index < -0.39 is 5.41 Å². The largest absolute Gasteiger partial charge is 0.337 e. The molecular weight excluding hydrogens is 405 g/mol. The number of aryl methyl sites for hydroxylation is 1. The van der Waals surface area contributed by atoms with Gasteiger partial charge >= 0.3 is 0 Å². The third kappa shape index (κ3) is 5.60. The number of benzene rings is 1. The number of rotatable bonds is 5. The topological polar surface area (TPSA) is 53.5 Å². The first-order valence-electron chi connectivity index (χ1n) is 11.2. The molecule has 2 heterocycles. The van der Waals surface area contributed by atoms with E-state index in [9.17, 15) is 14.0 Å². The third-order valence-electron chi connectivity index (χ3n) is 6.18. The zero-order chi connectivity index (χ0) is 23.6. The van der Waals surface area contributed by atoms with Crippen LogP contribution in [0.2, 0.25) is 0 Å². The zero-order valence-corrected chi connectivity index (χ0v) is 20.0. The van der Waals surface area contributed by atoms with Crippen molar-refractivity contribution in [2.75, 3.05) is 19.6 Å². The predicted molar refractivity (Wildman–Crippen MR) is 124 cm³/mol. The van der Waals surface area contributed by atoms with Gasteiger partial charge < -0.3 is 4.90 Å². The summed E-state index contributed by atoms with van der Waals surface area (Å²) in [7, 11) is 0. The van der Waals surface area contributed by atoms with Crippen molar-refractivity contribution in [2.45, 2.75) is 60.5 Å². The Labute approximate surface area is 190 Å². The molecule has 0 N–H and O–H groups in total. The summed E-state index contributed by atoms with van der Waals surface area (Å²) in [6.45, 7) is 14.5. The summed E-state index contributed by atoms with van der Waals surface area (Å²) in [4.78, 5) is 33.8. The molecule has 0 bridgehead atoms. The van der Waals surface area contributed by atoms with Gasteiger partial charge in [-0.25, -0.2) is 4.39 Å². The van der Waals surface area contributed by atoms with Crippen molar-refractivity contribution in [2.24, 2.45) is 5.41 Å². The number of ketones is 1. The Morgan fingerprint density at radius 1 is 1.12 bits per heavy atom. The van der Waals surface area contributed by atoms with Gasteiger partial charge in [0, 0.05) is 61.5 Å². The van der Waals surface area contributed by atoms with Crippen LogP contribution in [0.3, 0.4) is 0 Å². The molecule has 2 aromatic rings. The second-order valence-electron chi connectivity index (χ2n) is 9.97. The zero-order valence-electron chi connectivity index (χ0n) is 20.0. The van der Waals surface area contributed by atoms with E-state index in [-0.39, 0.29) is 30.0 Å². The Kier molecular flexibility index (Phi) is 7.13. The highest BCUT2D eigenvalue weighted by Crippen LogP contribution is 2.24. The fourth-order valence-electron chi connectivity index (χ4n) is 4.20. The van der Waals surface area contributed by atoms with Gasteiger partial charge in [0.1, 0.15) is 5.82 Å². The molecule has 0 aliphatic carbocycles. The van der Waals surface area contributed by atoms with Gasteiger partial charge in [-0.2, -0.15) is 0 Å². The summed E-state index contributed by atoms with van der Waals surface area (Å²) in [5, 5.41) is 0. The van der Waals surface area contributed by atoms with E-state index in [4.69, 9.17) is 0 Å². The Bertz CT molecular complexity index is 995. The van der Waals surface area contributed by atoms with Crippen molar-refractivity contribution < 1.29 is 14.0 Å². The number of piperazine rings is 1. The van der Waals surface area contributed by atoms with Crippen LogP contribution in [0.15, 0.2) is 30.5 Å². The monoisotopic (exact) mass is 439 g/mol. The Morgan fingerprint density at radius 3 is 2.41 bits per heavy atom. The van der Waals surface area contributed by atoms with Gasteiger partial charge in [0.05, 0.1) is 0 Å². The van der Waals surface area contributed by atoms with Crippen LogP contribution in [0.1, 0.15) is 60.4 Å². The van der Waals surface area contributed by atoms with Gasteiger partial charge in [-0.3, -0.25) is 19.5 Å². The van der Waals surface area contributed by atoms with Gasteiger partial charge in [-0.15, -0.1) is 0 Å². The summed E-state index contributed by atoms with van der Waals surface area (Å²) in [5.74, 6) is -0.233. The summed E-state index contributed by atoms with van der Waals surface area (Å²) >= 11 is 0. The molecule has 0 radical (unpaired) electrons. The summed E-state index contributed by atoms with van der Waals surface area (Å²) < 4.78 is 14.4. The second kappa shape index (κ2) is 9.49. The van der Waals surface area contributed by atoms with Crippen molar-refractivity contribution in [1.29, 1.82) is 0 Å². The molecule has 32 heavy (non-hydrogen) atoms. The van der Waals surface area contributed by atoms with E-state index in [0.29, 0.717) is 24.2 Å². The summed E-state index contributed by atoms with van der Waals surface area (Å²) in [6, 6.07) is 6.69. The van der Waals surface area contributed by atoms with Crippen molar-refractivity contribution >= 4 is 11.7 Å². The summed E-state index contributed by atoms with van der Waals surface area (Å²) in [5.41, 5.74) is 3.53. The Balaban J connectivity index is 1.72. The maximum absolute atomic E-state index is 14.4. The summed E-state index contributed by atoms with van der Waals surface area (Å²) in [6.07, 6.45) is 1.72. The van der Waals surface area contributed by atoms with Crippen molar-refractivity contribution in [3.63, 3.8) is 0 Å². The van der Waals surface area contributed by atoms with Gasteiger partial charge in [-0.05, 0) is 61.7 Å². The van der Waals surface area contributed by atoms with Crippen LogP contribution in [0.4, 0.5) is 4.39 Å². The van der Waals surface area contributed by atoms with Crippen LogP contribution in [-0.4, -0.2) is 52.2 Å². The quantitative estimate of drug-likeness (QED) is 0.651. The maximum Gasteiger partial charge on any atom is 0.228 e. The molecule has 1 saturated heterocycles. The van der Waals surface area contributed by atoms with E-state index >= 15 is 0 Å². The first-order chi connectivity index (χ1) is 15.0. The fourth-order valence-corrected chi connectivity index (χ4v) is 4.20. The van der Waals surface area contributed by atoms with Gasteiger partial charge in [0.15, 0.2) is 5.78 Å². The molecule has 1 aromatic heterocycles. The number of pyridine rings is 1. The molecule has 0 spiro atoms. The van der Waals surface area contributed by atoms with E-state index in [0.717, 1.165) is 29.9 Å². The number of nitrogens with zero attached hydrogens (tertiary/aromatic N) is 3. The van der Waals surface area contributed by atoms with Crippen LogP contribution in [0, 0.1) is 25.1 Å². The minimum absolute atomic E-state index is 0.0694. The standard InChI is InChI=1S/C26H34FN3O2/c1-17-7-8-20(14-28-17)24(31)13-21-11-23(27)12-22(19(21)3)16-29-9-10-30(18(2)15-29)25(32)26(4,5)6/h7-8,11-12,14,18H,9-10,13,15-16H2,1-6H3/t18-/m0/s1. The van der Waals surface area contributed by atoms with Crippen LogP contribution < -0.4 is 0 Å². The highest BCUT2D eigenvalue weighted by atomic mass is 19.1. The van der Waals surface area contributed by atoms with Crippen LogP contribution in [0.5, 0.6) is 0 Å². The number of carbonyl (C=O) groups is 2. The average molecular weight is 440 g/mol. The number of amides is 1. The SMILES string of the molecule is Cc1ccc(C(=O)Cc2cc(F)cc(CN3CCN(C(=O)C(C)(C)C)[C@@H](C)C3)c2C)cn1. The molecule has 0 saturated carbocycles. The van der Waals surface area contributed by atoms with Crippen LogP contribution in [0.25, 0.3) is 0 Å². The smallest absolute Gasteiger partial charge is 0.228 e. The second-order valence-corrected chi connectivity index (χ2v) is 9.97. The molecular formula is C26H34FN3O2. The van der Waals surface area contributed by atoms with Crippen LogP contribution in [-0.2, 0) is 17.8 Å². The fraction of sp³-hybridized carbons (Fsp3) is 0.500. The number of hydrogen-bond acceptors (Lipinski definition) is 4. The molecule has 172 valence electrons. The van der Waals surface area contributed by atoms with E-state index in [1.165, 1.54) is 6.07 Å². The van der Waals surface area contributed by atoms with Gasteiger partial charge in [0.2, 0.25) is 5.91 Å². The molecule has 1 atom stereocenters. The lowest BCUT2D eigenvalue weighted by molar-refractivity contribution is -0.144. The van der Waals surface area contributed by atoms with E-state index in [1.807, 2.05) is 45.6 Å². The Hall–Kier alpha value is -2.60.